The van der Waals surface area contributed by atoms with Crippen LogP contribution >= 0.6 is 0 Å². The number of amides is 2. The molecule has 0 saturated heterocycles. The second kappa shape index (κ2) is 12.5. The smallest absolute Gasteiger partial charge is 0.264 e. The zero-order chi connectivity index (χ0) is 27.0. The van der Waals surface area contributed by atoms with Crippen LogP contribution in [0.3, 0.4) is 0 Å². The molecule has 0 aliphatic heterocycles. The molecule has 0 saturated carbocycles. The maximum atomic E-state index is 13.8. The zero-order valence-corrected chi connectivity index (χ0v) is 22.6. The van der Waals surface area contributed by atoms with E-state index in [9.17, 15) is 18.0 Å². The highest BCUT2D eigenvalue weighted by Gasteiger charge is 2.32. The van der Waals surface area contributed by atoms with Crippen LogP contribution < -0.4 is 9.62 Å². The number of nitrogens with zero attached hydrogens (tertiary/aromatic N) is 2. The minimum absolute atomic E-state index is 0.0857. The molecule has 37 heavy (non-hydrogen) atoms. The number of hydrogen-bond acceptors (Lipinski definition) is 4. The molecule has 3 aromatic rings. The van der Waals surface area contributed by atoms with E-state index in [0.29, 0.717) is 5.69 Å². The number of anilines is 1. The Kier molecular flexibility index (Phi) is 9.47. The van der Waals surface area contributed by atoms with Crippen LogP contribution in [0.5, 0.6) is 0 Å². The van der Waals surface area contributed by atoms with Crippen molar-refractivity contribution in [3.63, 3.8) is 0 Å². The maximum Gasteiger partial charge on any atom is 0.264 e. The summed E-state index contributed by atoms with van der Waals surface area (Å²) in [6.07, 6.45) is 0.804. The molecule has 0 heterocycles. The number of aryl methyl sites for hydroxylation is 1. The van der Waals surface area contributed by atoms with E-state index >= 15 is 0 Å². The first-order valence-electron chi connectivity index (χ1n) is 12.4. The van der Waals surface area contributed by atoms with Crippen molar-refractivity contribution >= 4 is 27.5 Å². The SMILES string of the molecule is CCc1ccc(N(CC(=O)N(Cc2ccccc2)[C@@H](C)C(=O)NC(C)C)S(=O)(=O)c2ccccc2)cc1. The predicted octanol–water partition coefficient (Wildman–Crippen LogP) is 4.39. The number of carbonyl (C=O) groups is 2. The van der Waals surface area contributed by atoms with Crippen LogP contribution in [0, 0.1) is 0 Å². The van der Waals surface area contributed by atoms with Gasteiger partial charge in [0.1, 0.15) is 12.6 Å². The van der Waals surface area contributed by atoms with Gasteiger partial charge in [0.05, 0.1) is 10.6 Å². The highest BCUT2D eigenvalue weighted by Crippen LogP contribution is 2.25. The number of sulfonamides is 1. The van der Waals surface area contributed by atoms with Gasteiger partial charge in [-0.05, 0) is 62.6 Å². The molecule has 3 aromatic carbocycles. The van der Waals surface area contributed by atoms with Crippen LogP contribution in [0.2, 0.25) is 0 Å². The number of nitrogens with one attached hydrogen (secondary N) is 1. The summed E-state index contributed by atoms with van der Waals surface area (Å²) >= 11 is 0. The Hall–Kier alpha value is -3.65. The van der Waals surface area contributed by atoms with Crippen molar-refractivity contribution in [3.8, 4) is 0 Å². The third-order valence-electron chi connectivity index (χ3n) is 6.04. The van der Waals surface area contributed by atoms with E-state index < -0.39 is 28.5 Å². The molecule has 7 nitrogen and oxygen atoms in total. The maximum absolute atomic E-state index is 13.8. The predicted molar refractivity (Wildman–Crippen MR) is 147 cm³/mol. The molecule has 2 amide bonds. The summed E-state index contributed by atoms with van der Waals surface area (Å²) in [5, 5.41) is 2.85. The van der Waals surface area contributed by atoms with Gasteiger partial charge in [-0.3, -0.25) is 13.9 Å². The molecule has 1 N–H and O–H groups in total. The summed E-state index contributed by atoms with van der Waals surface area (Å²) in [5.74, 6) is -0.779. The van der Waals surface area contributed by atoms with Gasteiger partial charge in [-0.2, -0.15) is 0 Å². The van der Waals surface area contributed by atoms with Crippen LogP contribution in [0.25, 0.3) is 0 Å². The number of rotatable bonds is 11. The van der Waals surface area contributed by atoms with Crippen LogP contribution in [-0.2, 0) is 32.6 Å². The molecule has 0 unspecified atom stereocenters. The molecule has 0 radical (unpaired) electrons. The van der Waals surface area contributed by atoms with Crippen LogP contribution in [0.4, 0.5) is 5.69 Å². The van der Waals surface area contributed by atoms with Crippen molar-refractivity contribution in [2.45, 2.75) is 57.6 Å². The van der Waals surface area contributed by atoms with Crippen molar-refractivity contribution in [3.05, 3.63) is 96.1 Å². The van der Waals surface area contributed by atoms with Gasteiger partial charge in [-0.1, -0.05) is 67.6 Å². The molecular weight excluding hydrogens is 486 g/mol. The first-order valence-corrected chi connectivity index (χ1v) is 13.9. The first-order chi connectivity index (χ1) is 17.6. The molecule has 3 rings (SSSR count). The Labute approximate surface area is 220 Å². The van der Waals surface area contributed by atoms with Gasteiger partial charge in [0.2, 0.25) is 11.8 Å². The molecule has 0 aliphatic rings. The Balaban J connectivity index is 2.01. The van der Waals surface area contributed by atoms with Crippen molar-refractivity contribution in [2.24, 2.45) is 0 Å². The molecule has 196 valence electrons. The highest BCUT2D eigenvalue weighted by molar-refractivity contribution is 7.92. The van der Waals surface area contributed by atoms with Crippen molar-refractivity contribution in [2.75, 3.05) is 10.8 Å². The van der Waals surface area contributed by atoms with Gasteiger partial charge in [0.25, 0.3) is 10.0 Å². The molecule has 0 spiro atoms. The van der Waals surface area contributed by atoms with E-state index in [4.69, 9.17) is 0 Å². The summed E-state index contributed by atoms with van der Waals surface area (Å²) in [6.45, 7) is 7.09. The van der Waals surface area contributed by atoms with E-state index in [1.165, 1.54) is 17.0 Å². The second-order valence-corrected chi connectivity index (χ2v) is 11.1. The molecule has 1 atom stereocenters. The Morgan fingerprint density at radius 2 is 1.38 bits per heavy atom. The van der Waals surface area contributed by atoms with E-state index in [1.54, 1.807) is 37.3 Å². The fourth-order valence-electron chi connectivity index (χ4n) is 3.91. The minimum atomic E-state index is -4.05. The lowest BCUT2D eigenvalue weighted by Gasteiger charge is -2.32. The molecular formula is C29H35N3O4S. The second-order valence-electron chi connectivity index (χ2n) is 9.19. The summed E-state index contributed by atoms with van der Waals surface area (Å²) in [7, 11) is -4.05. The quantitative estimate of drug-likeness (QED) is 0.406. The van der Waals surface area contributed by atoms with Crippen molar-refractivity contribution in [1.29, 1.82) is 0 Å². The summed E-state index contributed by atoms with van der Waals surface area (Å²) < 4.78 is 28.6. The van der Waals surface area contributed by atoms with Crippen molar-refractivity contribution < 1.29 is 18.0 Å². The highest BCUT2D eigenvalue weighted by atomic mass is 32.2. The molecule has 0 fully saturated rings. The normalized spacial score (nSPS) is 12.1. The van der Waals surface area contributed by atoms with Gasteiger partial charge >= 0.3 is 0 Å². The number of hydrogen-bond donors (Lipinski definition) is 1. The molecule has 0 aliphatic carbocycles. The third kappa shape index (κ3) is 7.20. The first kappa shape index (κ1) is 27.9. The fraction of sp³-hybridized carbons (Fsp3) is 0.310. The third-order valence-corrected chi connectivity index (χ3v) is 7.82. The lowest BCUT2D eigenvalue weighted by atomic mass is 10.1. The molecule has 0 aromatic heterocycles. The monoisotopic (exact) mass is 521 g/mol. The van der Waals surface area contributed by atoms with Crippen molar-refractivity contribution in [1.82, 2.24) is 10.2 Å². The van der Waals surface area contributed by atoms with E-state index in [-0.39, 0.29) is 23.4 Å². The average Bonchev–Trinajstić information content (AvgIpc) is 2.90. The van der Waals surface area contributed by atoms with E-state index in [0.717, 1.165) is 21.9 Å². The summed E-state index contributed by atoms with van der Waals surface area (Å²) in [4.78, 5) is 28.2. The lowest BCUT2D eigenvalue weighted by molar-refractivity contribution is -0.139. The summed E-state index contributed by atoms with van der Waals surface area (Å²) in [5.41, 5.74) is 2.27. The standard InChI is InChI=1S/C29H35N3O4S/c1-5-24-16-18-26(19-17-24)32(37(35,36)27-14-10-7-11-15-27)21-28(33)31(20-25-12-8-6-9-13-25)23(4)29(34)30-22(2)3/h6-19,22-23H,5,20-21H2,1-4H3,(H,30,34)/t23-/m0/s1. The van der Waals surface area contributed by atoms with Crippen LogP contribution in [0.1, 0.15) is 38.8 Å². The Bertz CT molecular complexity index is 1280. The average molecular weight is 522 g/mol. The van der Waals surface area contributed by atoms with Gasteiger partial charge in [0.15, 0.2) is 0 Å². The zero-order valence-electron chi connectivity index (χ0n) is 21.8. The number of benzene rings is 3. The van der Waals surface area contributed by atoms with Gasteiger partial charge in [-0.15, -0.1) is 0 Å². The van der Waals surface area contributed by atoms with Crippen LogP contribution in [-0.4, -0.2) is 43.8 Å². The fourth-order valence-corrected chi connectivity index (χ4v) is 5.35. The molecule has 0 bridgehead atoms. The molecule has 8 heteroatoms. The number of carbonyl (C=O) groups excluding carboxylic acids is 2. The summed E-state index contributed by atoms with van der Waals surface area (Å²) in [6, 6.07) is 23.6. The Morgan fingerprint density at radius 3 is 1.92 bits per heavy atom. The van der Waals surface area contributed by atoms with Gasteiger partial charge < -0.3 is 10.2 Å². The minimum Gasteiger partial charge on any atom is -0.352 e. The van der Waals surface area contributed by atoms with Crippen LogP contribution in [0.15, 0.2) is 89.8 Å². The Morgan fingerprint density at radius 1 is 0.811 bits per heavy atom. The lowest BCUT2D eigenvalue weighted by Crippen LogP contribution is -2.52. The van der Waals surface area contributed by atoms with E-state index in [2.05, 4.69) is 5.32 Å². The largest absolute Gasteiger partial charge is 0.352 e. The van der Waals surface area contributed by atoms with Gasteiger partial charge in [-0.25, -0.2) is 8.42 Å². The topological polar surface area (TPSA) is 86.8 Å². The van der Waals surface area contributed by atoms with E-state index in [1.807, 2.05) is 63.2 Å². The van der Waals surface area contributed by atoms with Gasteiger partial charge in [0, 0.05) is 12.6 Å².